The smallest absolute Gasteiger partial charge is 0.337 e. The molecule has 0 atom stereocenters. The van der Waals surface area contributed by atoms with Crippen LogP contribution < -0.4 is 5.32 Å². The number of halogens is 1. The Labute approximate surface area is 169 Å². The molecule has 1 amide bonds. The molecule has 4 aromatic rings. The third-order valence-electron chi connectivity index (χ3n) is 4.50. The summed E-state index contributed by atoms with van der Waals surface area (Å²) in [5.74, 6) is -2.41. The second-order valence-corrected chi connectivity index (χ2v) is 6.35. The first kappa shape index (κ1) is 18.8. The molecule has 3 aromatic carbocycles. The number of hydrogen-bond acceptors (Lipinski definition) is 5. The number of benzene rings is 3. The van der Waals surface area contributed by atoms with Crippen molar-refractivity contribution in [2.45, 2.75) is 0 Å². The molecule has 30 heavy (non-hydrogen) atoms. The van der Waals surface area contributed by atoms with Crippen LogP contribution >= 0.6 is 0 Å². The van der Waals surface area contributed by atoms with Gasteiger partial charge in [0.05, 0.1) is 28.3 Å². The summed E-state index contributed by atoms with van der Waals surface area (Å²) in [6.45, 7) is 0. The van der Waals surface area contributed by atoms with Gasteiger partial charge in [-0.05, 0) is 42.0 Å². The maximum absolute atomic E-state index is 14.1. The summed E-state index contributed by atoms with van der Waals surface area (Å²) in [4.78, 5) is 24.2. The highest BCUT2D eigenvalue weighted by Gasteiger charge is 2.20. The molecule has 0 aliphatic rings. The zero-order valence-electron chi connectivity index (χ0n) is 15.2. The molecular weight excluding hydrogens is 389 g/mol. The second kappa shape index (κ2) is 7.48. The van der Waals surface area contributed by atoms with Crippen LogP contribution in [0.2, 0.25) is 0 Å². The summed E-state index contributed by atoms with van der Waals surface area (Å²) in [6.07, 6.45) is 0. The average Bonchev–Trinajstić information content (AvgIpc) is 3.17. The lowest BCUT2D eigenvalue weighted by Crippen LogP contribution is -2.15. The summed E-state index contributed by atoms with van der Waals surface area (Å²) < 4.78 is 19.3. The molecule has 2 N–H and O–H groups in total. The molecule has 0 radical (unpaired) electrons. The molecule has 0 saturated heterocycles. The molecule has 4 rings (SSSR count). The van der Waals surface area contributed by atoms with Crippen LogP contribution in [0.3, 0.4) is 0 Å². The number of nitrogens with one attached hydrogen (secondary N) is 1. The van der Waals surface area contributed by atoms with Crippen LogP contribution in [-0.4, -0.2) is 22.1 Å². The largest absolute Gasteiger partial charge is 0.478 e. The number of aromatic carboxylic acids is 1. The van der Waals surface area contributed by atoms with E-state index in [4.69, 9.17) is 9.78 Å². The minimum absolute atomic E-state index is 0.00732. The molecule has 0 unspecified atom stereocenters. The minimum Gasteiger partial charge on any atom is -0.478 e. The Bertz CT molecular complexity index is 1350. The SMILES string of the molecule is N#Cc1ccc(NC(=O)c2noc3ccc(-c4ccccc4F)cc23)c(C(=O)O)c1. The normalized spacial score (nSPS) is 10.5. The summed E-state index contributed by atoms with van der Waals surface area (Å²) >= 11 is 0. The van der Waals surface area contributed by atoms with Gasteiger partial charge in [0, 0.05) is 5.56 Å². The van der Waals surface area contributed by atoms with Gasteiger partial charge in [-0.2, -0.15) is 5.26 Å². The molecule has 0 spiro atoms. The fourth-order valence-corrected chi connectivity index (χ4v) is 3.05. The Balaban J connectivity index is 1.73. The van der Waals surface area contributed by atoms with Gasteiger partial charge >= 0.3 is 5.97 Å². The van der Waals surface area contributed by atoms with Crippen molar-refractivity contribution in [3.05, 3.63) is 83.3 Å². The molecule has 146 valence electrons. The van der Waals surface area contributed by atoms with Crippen molar-refractivity contribution < 1.29 is 23.6 Å². The number of carbonyl (C=O) groups excluding carboxylic acids is 1. The van der Waals surface area contributed by atoms with Gasteiger partial charge in [0.15, 0.2) is 11.3 Å². The molecule has 0 aliphatic heterocycles. The first-order chi connectivity index (χ1) is 14.5. The van der Waals surface area contributed by atoms with E-state index in [1.54, 1.807) is 36.4 Å². The number of anilines is 1. The first-order valence-electron chi connectivity index (χ1n) is 8.71. The van der Waals surface area contributed by atoms with Crippen LogP contribution in [-0.2, 0) is 0 Å². The third kappa shape index (κ3) is 3.36. The fourth-order valence-electron chi connectivity index (χ4n) is 3.05. The lowest BCUT2D eigenvalue weighted by atomic mass is 10.0. The van der Waals surface area contributed by atoms with Gasteiger partial charge in [0.1, 0.15) is 5.82 Å². The van der Waals surface area contributed by atoms with E-state index >= 15 is 0 Å². The number of carboxylic acid groups (broad SMARTS) is 1. The number of carbonyl (C=O) groups is 2. The lowest BCUT2D eigenvalue weighted by Gasteiger charge is -2.08. The highest BCUT2D eigenvalue weighted by molar-refractivity contribution is 6.13. The number of nitriles is 1. The van der Waals surface area contributed by atoms with Crippen molar-refractivity contribution in [1.82, 2.24) is 5.16 Å². The minimum atomic E-state index is -1.30. The predicted molar refractivity (Wildman–Crippen MR) is 105 cm³/mol. The van der Waals surface area contributed by atoms with Crippen molar-refractivity contribution >= 4 is 28.5 Å². The van der Waals surface area contributed by atoms with E-state index in [0.29, 0.717) is 22.1 Å². The van der Waals surface area contributed by atoms with Crippen LogP contribution in [0.25, 0.3) is 22.1 Å². The number of nitrogens with zero attached hydrogens (tertiary/aromatic N) is 2. The van der Waals surface area contributed by atoms with Crippen LogP contribution in [0.5, 0.6) is 0 Å². The number of fused-ring (bicyclic) bond motifs is 1. The Hall–Kier alpha value is -4.51. The zero-order valence-corrected chi connectivity index (χ0v) is 15.2. The van der Waals surface area contributed by atoms with Crippen LogP contribution in [0.1, 0.15) is 26.4 Å². The molecule has 0 saturated carbocycles. The van der Waals surface area contributed by atoms with E-state index in [1.807, 2.05) is 6.07 Å². The second-order valence-electron chi connectivity index (χ2n) is 6.35. The van der Waals surface area contributed by atoms with Crippen molar-refractivity contribution in [2.75, 3.05) is 5.32 Å². The highest BCUT2D eigenvalue weighted by atomic mass is 19.1. The molecule has 0 fully saturated rings. The first-order valence-corrected chi connectivity index (χ1v) is 8.71. The monoisotopic (exact) mass is 401 g/mol. The molecule has 1 heterocycles. The van der Waals surface area contributed by atoms with Gasteiger partial charge < -0.3 is 14.9 Å². The average molecular weight is 401 g/mol. The van der Waals surface area contributed by atoms with Gasteiger partial charge in [-0.25, -0.2) is 9.18 Å². The Morgan fingerprint density at radius 2 is 1.90 bits per heavy atom. The van der Waals surface area contributed by atoms with E-state index in [-0.39, 0.29) is 22.5 Å². The van der Waals surface area contributed by atoms with Crippen molar-refractivity contribution in [3.8, 4) is 17.2 Å². The molecule has 7 nitrogen and oxygen atoms in total. The van der Waals surface area contributed by atoms with Gasteiger partial charge in [-0.15, -0.1) is 0 Å². The summed E-state index contributed by atoms with van der Waals surface area (Å²) in [5.41, 5.74) is 1.04. The molecular formula is C22H12FN3O4. The van der Waals surface area contributed by atoms with Crippen LogP contribution in [0.15, 0.2) is 65.2 Å². The van der Waals surface area contributed by atoms with E-state index in [2.05, 4.69) is 10.5 Å². The maximum atomic E-state index is 14.1. The molecule has 1 aromatic heterocycles. The zero-order chi connectivity index (χ0) is 21.3. The fraction of sp³-hybridized carbons (Fsp3) is 0. The number of rotatable bonds is 4. The summed E-state index contributed by atoms with van der Waals surface area (Å²) in [6, 6.07) is 16.7. The Kier molecular flexibility index (Phi) is 4.70. The van der Waals surface area contributed by atoms with Crippen molar-refractivity contribution in [2.24, 2.45) is 0 Å². The van der Waals surface area contributed by atoms with Crippen LogP contribution in [0.4, 0.5) is 10.1 Å². The Morgan fingerprint density at radius 3 is 2.63 bits per heavy atom. The summed E-state index contributed by atoms with van der Waals surface area (Å²) in [5, 5.41) is 24.9. The summed E-state index contributed by atoms with van der Waals surface area (Å²) in [7, 11) is 0. The number of hydrogen-bond donors (Lipinski definition) is 2. The number of carboxylic acids is 1. The highest BCUT2D eigenvalue weighted by Crippen LogP contribution is 2.29. The van der Waals surface area contributed by atoms with Gasteiger partial charge in [0.2, 0.25) is 0 Å². The van der Waals surface area contributed by atoms with Crippen molar-refractivity contribution in [3.63, 3.8) is 0 Å². The van der Waals surface area contributed by atoms with E-state index in [9.17, 15) is 19.1 Å². The Morgan fingerprint density at radius 1 is 1.10 bits per heavy atom. The van der Waals surface area contributed by atoms with E-state index < -0.39 is 17.7 Å². The quantitative estimate of drug-likeness (QED) is 0.522. The predicted octanol–water partition coefficient (Wildman–Crippen LogP) is 4.46. The van der Waals surface area contributed by atoms with E-state index in [0.717, 1.165) is 6.07 Å². The number of amides is 1. The van der Waals surface area contributed by atoms with Gasteiger partial charge in [0.25, 0.3) is 5.91 Å². The van der Waals surface area contributed by atoms with Gasteiger partial charge in [-0.1, -0.05) is 29.4 Å². The molecule has 0 aliphatic carbocycles. The lowest BCUT2D eigenvalue weighted by molar-refractivity contribution is 0.0698. The topological polar surface area (TPSA) is 116 Å². The third-order valence-corrected chi connectivity index (χ3v) is 4.50. The molecule has 0 bridgehead atoms. The maximum Gasteiger partial charge on any atom is 0.337 e. The van der Waals surface area contributed by atoms with Gasteiger partial charge in [-0.3, -0.25) is 4.79 Å². The van der Waals surface area contributed by atoms with E-state index in [1.165, 1.54) is 18.2 Å². The number of aromatic nitrogens is 1. The molecule has 8 heteroatoms. The van der Waals surface area contributed by atoms with Crippen LogP contribution in [0, 0.1) is 17.1 Å². The standard InChI is InChI=1S/C22H12FN3O4/c23-17-4-2-1-3-14(17)13-6-8-19-16(10-13)20(26-30-19)21(27)25-18-7-5-12(11-24)9-15(18)22(28)29/h1-10H,(H,25,27)(H,28,29). The van der Waals surface area contributed by atoms with Crippen molar-refractivity contribution in [1.29, 1.82) is 5.26 Å².